The Bertz CT molecular complexity index is 796. The zero-order chi connectivity index (χ0) is 14.7. The van der Waals surface area contributed by atoms with Crippen LogP contribution in [0.2, 0.25) is 5.02 Å². The van der Waals surface area contributed by atoms with Gasteiger partial charge in [-0.25, -0.2) is 0 Å². The van der Waals surface area contributed by atoms with Gasteiger partial charge in [0.05, 0.1) is 0 Å². The van der Waals surface area contributed by atoms with Crippen molar-refractivity contribution in [3.05, 3.63) is 71.5 Å². The molecule has 0 N–H and O–H groups in total. The standard InChI is InChI=1S/C17H12ClNO2/c18-13-4-2-5-14(9-13)21-11-17(20)16-6-1-3-12-10-19-8-7-15(12)16/h1-10H,11H2. The molecule has 1 aromatic heterocycles. The maximum atomic E-state index is 12.3. The first kappa shape index (κ1) is 13.6. The van der Waals surface area contributed by atoms with E-state index in [0.717, 1.165) is 10.8 Å². The van der Waals surface area contributed by atoms with Gasteiger partial charge in [0.1, 0.15) is 5.75 Å². The highest BCUT2D eigenvalue weighted by Crippen LogP contribution is 2.20. The quantitative estimate of drug-likeness (QED) is 0.679. The predicted octanol–water partition coefficient (Wildman–Crippen LogP) is 4.15. The summed E-state index contributed by atoms with van der Waals surface area (Å²) in [5.74, 6) is 0.504. The van der Waals surface area contributed by atoms with Gasteiger partial charge < -0.3 is 4.74 Å². The normalized spacial score (nSPS) is 10.5. The Kier molecular flexibility index (Phi) is 3.84. The van der Waals surface area contributed by atoms with Crippen molar-refractivity contribution in [1.29, 1.82) is 0 Å². The summed E-state index contributed by atoms with van der Waals surface area (Å²) in [6, 6.07) is 14.4. The molecule has 2 aromatic carbocycles. The van der Waals surface area contributed by atoms with Crippen LogP contribution < -0.4 is 4.74 Å². The number of Topliss-reactive ketones (excluding diaryl/α,β-unsaturated/α-hetero) is 1. The summed E-state index contributed by atoms with van der Waals surface area (Å²) in [7, 11) is 0. The number of fused-ring (bicyclic) bond motifs is 1. The highest BCUT2D eigenvalue weighted by atomic mass is 35.5. The van der Waals surface area contributed by atoms with E-state index < -0.39 is 0 Å². The minimum absolute atomic E-state index is 0.0260. The maximum Gasteiger partial charge on any atom is 0.200 e. The van der Waals surface area contributed by atoms with Gasteiger partial charge in [-0.05, 0) is 29.7 Å². The fourth-order valence-corrected chi connectivity index (χ4v) is 2.33. The van der Waals surface area contributed by atoms with Crippen LogP contribution in [0.1, 0.15) is 10.4 Å². The number of hydrogen-bond acceptors (Lipinski definition) is 3. The number of ketones is 1. The first-order valence-corrected chi connectivity index (χ1v) is 6.86. The molecule has 0 unspecified atom stereocenters. The van der Waals surface area contributed by atoms with Crippen molar-refractivity contribution < 1.29 is 9.53 Å². The summed E-state index contributed by atoms with van der Waals surface area (Å²) in [5, 5.41) is 2.40. The molecule has 0 spiro atoms. The molecule has 21 heavy (non-hydrogen) atoms. The van der Waals surface area contributed by atoms with Crippen molar-refractivity contribution in [2.24, 2.45) is 0 Å². The molecule has 4 heteroatoms. The molecule has 0 aliphatic heterocycles. The topological polar surface area (TPSA) is 39.2 Å². The van der Waals surface area contributed by atoms with Crippen molar-refractivity contribution in [1.82, 2.24) is 4.98 Å². The zero-order valence-corrected chi connectivity index (χ0v) is 11.9. The molecular weight excluding hydrogens is 286 g/mol. The fraction of sp³-hybridized carbons (Fsp3) is 0.0588. The Morgan fingerprint density at radius 1 is 1.14 bits per heavy atom. The van der Waals surface area contributed by atoms with E-state index in [9.17, 15) is 4.79 Å². The van der Waals surface area contributed by atoms with Gasteiger partial charge in [0, 0.05) is 28.4 Å². The van der Waals surface area contributed by atoms with E-state index in [1.165, 1.54) is 0 Å². The van der Waals surface area contributed by atoms with Crippen LogP contribution in [0.5, 0.6) is 5.75 Å². The second-order valence-corrected chi connectivity index (χ2v) is 5.01. The highest BCUT2D eigenvalue weighted by molar-refractivity contribution is 6.30. The van der Waals surface area contributed by atoms with Gasteiger partial charge >= 0.3 is 0 Å². The number of nitrogens with zero attached hydrogens (tertiary/aromatic N) is 1. The summed E-state index contributed by atoms with van der Waals surface area (Å²) in [6.45, 7) is -0.0260. The lowest BCUT2D eigenvalue weighted by atomic mass is 10.0. The minimum atomic E-state index is -0.0771. The van der Waals surface area contributed by atoms with Gasteiger partial charge in [-0.15, -0.1) is 0 Å². The third-order valence-corrected chi connectivity index (χ3v) is 3.38. The molecular formula is C17H12ClNO2. The van der Waals surface area contributed by atoms with Crippen LogP contribution in [0.4, 0.5) is 0 Å². The molecule has 0 fully saturated rings. The number of halogens is 1. The van der Waals surface area contributed by atoms with Crippen molar-refractivity contribution in [3.8, 4) is 5.75 Å². The molecule has 0 amide bonds. The summed E-state index contributed by atoms with van der Waals surface area (Å²) >= 11 is 5.88. The Morgan fingerprint density at radius 2 is 2.00 bits per heavy atom. The molecule has 0 atom stereocenters. The summed E-state index contributed by atoms with van der Waals surface area (Å²) < 4.78 is 5.50. The van der Waals surface area contributed by atoms with E-state index in [4.69, 9.17) is 16.3 Å². The molecule has 0 bridgehead atoms. The number of aromatic nitrogens is 1. The molecule has 0 radical (unpaired) electrons. The molecule has 0 saturated heterocycles. The minimum Gasteiger partial charge on any atom is -0.485 e. The number of rotatable bonds is 4. The lowest BCUT2D eigenvalue weighted by Gasteiger charge is -2.08. The van der Waals surface area contributed by atoms with Crippen molar-refractivity contribution >= 4 is 28.2 Å². The zero-order valence-electron chi connectivity index (χ0n) is 11.1. The predicted molar refractivity (Wildman–Crippen MR) is 83.0 cm³/mol. The van der Waals surface area contributed by atoms with Gasteiger partial charge in [0.15, 0.2) is 6.61 Å². The first-order valence-electron chi connectivity index (χ1n) is 6.48. The summed E-state index contributed by atoms with van der Waals surface area (Å²) in [6.07, 6.45) is 3.42. The Balaban J connectivity index is 1.81. The fourth-order valence-electron chi connectivity index (χ4n) is 2.15. The molecule has 0 aliphatic carbocycles. The molecule has 0 aliphatic rings. The van der Waals surface area contributed by atoms with E-state index in [-0.39, 0.29) is 12.4 Å². The van der Waals surface area contributed by atoms with Crippen LogP contribution in [-0.4, -0.2) is 17.4 Å². The number of carbonyl (C=O) groups excluding carboxylic acids is 1. The highest BCUT2D eigenvalue weighted by Gasteiger charge is 2.10. The monoisotopic (exact) mass is 297 g/mol. The summed E-state index contributed by atoms with van der Waals surface area (Å²) in [4.78, 5) is 16.4. The smallest absolute Gasteiger partial charge is 0.200 e. The van der Waals surface area contributed by atoms with Crippen LogP contribution in [0.3, 0.4) is 0 Å². The third kappa shape index (κ3) is 3.03. The number of benzene rings is 2. The Labute approximate surface area is 127 Å². The largest absolute Gasteiger partial charge is 0.485 e. The van der Waals surface area contributed by atoms with Crippen LogP contribution in [0.15, 0.2) is 60.9 Å². The van der Waals surface area contributed by atoms with Gasteiger partial charge in [0.2, 0.25) is 5.78 Å². The first-order chi connectivity index (χ1) is 10.2. The molecule has 1 heterocycles. The molecule has 3 nitrogen and oxygen atoms in total. The summed E-state index contributed by atoms with van der Waals surface area (Å²) in [5.41, 5.74) is 0.636. The molecule has 104 valence electrons. The molecule has 0 saturated carbocycles. The van der Waals surface area contributed by atoms with Crippen molar-refractivity contribution in [2.45, 2.75) is 0 Å². The van der Waals surface area contributed by atoms with Crippen LogP contribution in [-0.2, 0) is 0 Å². The lowest BCUT2D eigenvalue weighted by Crippen LogP contribution is -2.12. The van der Waals surface area contributed by atoms with Gasteiger partial charge in [-0.1, -0.05) is 35.9 Å². The second kappa shape index (κ2) is 5.94. The van der Waals surface area contributed by atoms with Gasteiger partial charge in [-0.2, -0.15) is 0 Å². The SMILES string of the molecule is O=C(COc1cccc(Cl)c1)c1cccc2cnccc12. The van der Waals surface area contributed by atoms with Crippen molar-refractivity contribution in [3.63, 3.8) is 0 Å². The average Bonchev–Trinajstić information content (AvgIpc) is 2.52. The van der Waals surface area contributed by atoms with Gasteiger partial charge in [0.25, 0.3) is 0 Å². The van der Waals surface area contributed by atoms with E-state index >= 15 is 0 Å². The lowest BCUT2D eigenvalue weighted by molar-refractivity contribution is 0.0923. The Morgan fingerprint density at radius 3 is 2.86 bits per heavy atom. The third-order valence-electron chi connectivity index (χ3n) is 3.15. The van der Waals surface area contributed by atoms with Crippen LogP contribution in [0.25, 0.3) is 10.8 Å². The van der Waals surface area contributed by atoms with E-state index in [1.807, 2.05) is 18.2 Å². The number of hydrogen-bond donors (Lipinski definition) is 0. The second-order valence-electron chi connectivity index (χ2n) is 4.57. The molecule has 3 aromatic rings. The van der Waals surface area contributed by atoms with Crippen LogP contribution in [0, 0.1) is 0 Å². The number of ether oxygens (including phenoxy) is 1. The number of carbonyl (C=O) groups is 1. The van der Waals surface area contributed by atoms with E-state index in [0.29, 0.717) is 16.3 Å². The molecule has 3 rings (SSSR count). The Hall–Kier alpha value is -2.39. The average molecular weight is 298 g/mol. The van der Waals surface area contributed by atoms with E-state index in [2.05, 4.69) is 4.98 Å². The van der Waals surface area contributed by atoms with Gasteiger partial charge in [-0.3, -0.25) is 9.78 Å². The number of pyridine rings is 1. The van der Waals surface area contributed by atoms with Crippen LogP contribution >= 0.6 is 11.6 Å². The van der Waals surface area contributed by atoms with E-state index in [1.54, 1.807) is 42.7 Å². The van der Waals surface area contributed by atoms with Crippen molar-refractivity contribution in [2.75, 3.05) is 6.61 Å². The maximum absolute atomic E-state index is 12.3.